The number of amides is 1. The molecule has 0 radical (unpaired) electrons. The molecule has 12 heavy (non-hydrogen) atoms. The minimum absolute atomic E-state index is 0.0559. The monoisotopic (exact) mass is 171 g/mol. The Kier molecular flexibility index (Phi) is 2.68. The Morgan fingerprint density at radius 2 is 2.42 bits per heavy atom. The van der Waals surface area contributed by atoms with Gasteiger partial charge in [-0.25, -0.2) is 0 Å². The molecular weight excluding hydrogens is 158 g/mol. The second kappa shape index (κ2) is 3.56. The van der Waals surface area contributed by atoms with Crippen molar-refractivity contribution in [1.82, 2.24) is 4.90 Å². The third-order valence-corrected chi connectivity index (χ3v) is 2.18. The Bertz CT molecular complexity index is 202. The van der Waals surface area contributed by atoms with Crippen LogP contribution in [-0.4, -0.2) is 37.5 Å². The van der Waals surface area contributed by atoms with Gasteiger partial charge in [-0.05, 0) is 6.42 Å². The highest BCUT2D eigenvalue weighted by molar-refractivity contribution is 5.85. The molecular formula is C8H13NO3. The molecule has 1 saturated heterocycles. The van der Waals surface area contributed by atoms with E-state index in [1.54, 1.807) is 11.9 Å². The van der Waals surface area contributed by atoms with Crippen molar-refractivity contribution in [2.45, 2.75) is 12.8 Å². The number of hydrogen-bond acceptors (Lipinski definition) is 3. The molecule has 1 aliphatic rings. The van der Waals surface area contributed by atoms with Gasteiger partial charge in [0.2, 0.25) is 5.91 Å². The zero-order valence-electron chi connectivity index (χ0n) is 7.37. The van der Waals surface area contributed by atoms with E-state index >= 15 is 0 Å². The van der Waals surface area contributed by atoms with Gasteiger partial charge < -0.3 is 9.64 Å². The lowest BCUT2D eigenvalue weighted by atomic mass is 10.0. The molecule has 0 spiro atoms. The van der Waals surface area contributed by atoms with Gasteiger partial charge in [0, 0.05) is 13.6 Å². The number of carbonyl (C=O) groups is 2. The van der Waals surface area contributed by atoms with Crippen LogP contribution in [0, 0.1) is 5.92 Å². The highest BCUT2D eigenvalue weighted by Crippen LogP contribution is 2.19. The third-order valence-electron chi connectivity index (χ3n) is 2.18. The maximum absolute atomic E-state index is 11.3. The highest BCUT2D eigenvalue weighted by Gasteiger charge is 2.30. The quantitative estimate of drug-likeness (QED) is 0.550. The summed E-state index contributed by atoms with van der Waals surface area (Å²) in [5.74, 6) is -0.397. The van der Waals surface area contributed by atoms with Gasteiger partial charge in [0.1, 0.15) is 0 Å². The summed E-state index contributed by atoms with van der Waals surface area (Å²) in [4.78, 5) is 23.7. The summed E-state index contributed by atoms with van der Waals surface area (Å²) in [7, 11) is 3.09. The fourth-order valence-corrected chi connectivity index (χ4v) is 1.37. The van der Waals surface area contributed by atoms with Crippen LogP contribution in [0.5, 0.6) is 0 Å². The molecule has 0 aromatic carbocycles. The topological polar surface area (TPSA) is 46.6 Å². The summed E-state index contributed by atoms with van der Waals surface area (Å²) in [6.45, 7) is 0.750. The van der Waals surface area contributed by atoms with E-state index in [4.69, 9.17) is 0 Å². The van der Waals surface area contributed by atoms with Crippen LogP contribution >= 0.6 is 0 Å². The Morgan fingerprint density at radius 3 is 2.83 bits per heavy atom. The minimum atomic E-state index is -0.302. The Hall–Kier alpha value is -1.06. The first-order valence-corrected chi connectivity index (χ1v) is 3.97. The van der Waals surface area contributed by atoms with Crippen LogP contribution in [0.2, 0.25) is 0 Å². The molecule has 1 heterocycles. The molecule has 0 aromatic rings. The van der Waals surface area contributed by atoms with Gasteiger partial charge in [0.25, 0.3) is 0 Å². The van der Waals surface area contributed by atoms with Crippen LogP contribution in [-0.2, 0) is 14.3 Å². The number of carbonyl (C=O) groups excluding carboxylic acids is 2. The number of esters is 1. The molecule has 1 aliphatic heterocycles. The normalized spacial score (nSPS) is 23.0. The van der Waals surface area contributed by atoms with Gasteiger partial charge in [-0.3, -0.25) is 9.59 Å². The SMILES string of the molecule is COC(=O)CC1CCN(C)C1=O. The molecule has 1 unspecified atom stereocenters. The van der Waals surface area contributed by atoms with Crippen LogP contribution in [0.1, 0.15) is 12.8 Å². The number of nitrogens with zero attached hydrogens (tertiary/aromatic N) is 1. The minimum Gasteiger partial charge on any atom is -0.469 e. The van der Waals surface area contributed by atoms with Crippen LogP contribution in [0.4, 0.5) is 0 Å². The van der Waals surface area contributed by atoms with Crippen molar-refractivity contribution >= 4 is 11.9 Å². The van der Waals surface area contributed by atoms with Gasteiger partial charge >= 0.3 is 5.97 Å². The van der Waals surface area contributed by atoms with Crippen LogP contribution in [0.3, 0.4) is 0 Å². The number of likely N-dealkylation sites (tertiary alicyclic amines) is 1. The molecule has 1 atom stereocenters. The fourth-order valence-electron chi connectivity index (χ4n) is 1.37. The Morgan fingerprint density at radius 1 is 1.75 bits per heavy atom. The number of rotatable bonds is 2. The van der Waals surface area contributed by atoms with Gasteiger partial charge in [0.15, 0.2) is 0 Å². The lowest BCUT2D eigenvalue weighted by Crippen LogP contribution is -2.24. The highest BCUT2D eigenvalue weighted by atomic mass is 16.5. The molecule has 4 nitrogen and oxygen atoms in total. The van der Waals surface area contributed by atoms with E-state index in [9.17, 15) is 9.59 Å². The van der Waals surface area contributed by atoms with Gasteiger partial charge in [0.05, 0.1) is 19.4 Å². The summed E-state index contributed by atoms with van der Waals surface area (Å²) >= 11 is 0. The maximum atomic E-state index is 11.3. The second-order valence-electron chi connectivity index (χ2n) is 3.03. The van der Waals surface area contributed by atoms with Crippen LogP contribution < -0.4 is 0 Å². The van der Waals surface area contributed by atoms with E-state index in [2.05, 4.69) is 4.74 Å². The first-order chi connectivity index (χ1) is 5.65. The first kappa shape index (κ1) is 9.03. The van der Waals surface area contributed by atoms with Gasteiger partial charge in [-0.15, -0.1) is 0 Å². The molecule has 0 aliphatic carbocycles. The zero-order valence-corrected chi connectivity index (χ0v) is 7.37. The maximum Gasteiger partial charge on any atom is 0.306 e. The Balaban J connectivity index is 2.44. The zero-order chi connectivity index (χ0) is 9.14. The van der Waals surface area contributed by atoms with Crippen molar-refractivity contribution in [1.29, 1.82) is 0 Å². The molecule has 0 N–H and O–H groups in total. The third kappa shape index (κ3) is 1.75. The van der Waals surface area contributed by atoms with E-state index in [1.165, 1.54) is 7.11 Å². The summed E-state index contributed by atoms with van der Waals surface area (Å²) in [6.07, 6.45) is 0.990. The van der Waals surface area contributed by atoms with E-state index < -0.39 is 0 Å². The summed E-state index contributed by atoms with van der Waals surface area (Å²) in [5, 5.41) is 0. The standard InChI is InChI=1S/C8H13NO3/c1-9-4-3-6(8(9)11)5-7(10)12-2/h6H,3-5H2,1-2H3. The largest absolute Gasteiger partial charge is 0.469 e. The first-order valence-electron chi connectivity index (χ1n) is 3.97. The van der Waals surface area contributed by atoms with Crippen LogP contribution in [0.15, 0.2) is 0 Å². The van der Waals surface area contributed by atoms with Crippen LogP contribution in [0.25, 0.3) is 0 Å². The van der Waals surface area contributed by atoms with Crippen molar-refractivity contribution < 1.29 is 14.3 Å². The summed E-state index contributed by atoms with van der Waals surface area (Å²) in [5.41, 5.74) is 0. The average Bonchev–Trinajstić information content (AvgIpc) is 2.36. The second-order valence-corrected chi connectivity index (χ2v) is 3.03. The predicted molar refractivity (Wildman–Crippen MR) is 42.4 cm³/mol. The molecule has 0 aromatic heterocycles. The molecule has 4 heteroatoms. The number of methoxy groups -OCH3 is 1. The molecule has 1 rings (SSSR count). The summed E-state index contributed by atoms with van der Waals surface area (Å²) < 4.78 is 4.49. The lowest BCUT2D eigenvalue weighted by Gasteiger charge is -2.08. The molecule has 0 saturated carbocycles. The van der Waals surface area contributed by atoms with Crippen molar-refractivity contribution in [3.8, 4) is 0 Å². The summed E-state index contributed by atoms with van der Waals surface area (Å²) in [6, 6.07) is 0. The smallest absolute Gasteiger partial charge is 0.306 e. The van der Waals surface area contributed by atoms with Crippen molar-refractivity contribution in [3.63, 3.8) is 0 Å². The number of ether oxygens (including phenoxy) is 1. The van der Waals surface area contributed by atoms with Gasteiger partial charge in [-0.2, -0.15) is 0 Å². The van der Waals surface area contributed by atoms with E-state index in [-0.39, 0.29) is 24.2 Å². The predicted octanol–water partition coefficient (Wildman–Crippen LogP) is 0.0278. The molecule has 1 fully saturated rings. The molecule has 0 bridgehead atoms. The van der Waals surface area contributed by atoms with Crippen molar-refractivity contribution in [2.24, 2.45) is 5.92 Å². The van der Waals surface area contributed by atoms with E-state index in [1.807, 2.05) is 0 Å². The van der Waals surface area contributed by atoms with Crippen molar-refractivity contribution in [2.75, 3.05) is 20.7 Å². The molecule has 1 amide bonds. The van der Waals surface area contributed by atoms with E-state index in [0.29, 0.717) is 0 Å². The van der Waals surface area contributed by atoms with Gasteiger partial charge in [-0.1, -0.05) is 0 Å². The van der Waals surface area contributed by atoms with Crippen molar-refractivity contribution in [3.05, 3.63) is 0 Å². The fraction of sp³-hybridized carbons (Fsp3) is 0.750. The molecule has 68 valence electrons. The number of hydrogen-bond donors (Lipinski definition) is 0. The lowest BCUT2D eigenvalue weighted by molar-refractivity contribution is -0.144. The Labute approximate surface area is 71.5 Å². The van der Waals surface area contributed by atoms with E-state index in [0.717, 1.165) is 13.0 Å². The average molecular weight is 171 g/mol.